The number of Topliss-reactive ketones (excluding diaryl/α,β-unsaturated/α-hetero) is 1. The predicted octanol–water partition coefficient (Wildman–Crippen LogP) is 4.48. The van der Waals surface area contributed by atoms with E-state index in [4.69, 9.17) is 18.9 Å². The van der Waals surface area contributed by atoms with Crippen LogP contribution in [0.5, 0.6) is 17.2 Å². The second kappa shape index (κ2) is 12.8. The van der Waals surface area contributed by atoms with Gasteiger partial charge in [-0.3, -0.25) is 14.6 Å². The smallest absolute Gasteiger partial charge is 0.164 e. The van der Waals surface area contributed by atoms with Gasteiger partial charge in [-0.2, -0.15) is 5.26 Å². The molecule has 2 fully saturated rings. The lowest BCUT2D eigenvalue weighted by Gasteiger charge is -2.46. The Morgan fingerprint density at radius 3 is 2.23 bits per heavy atom. The van der Waals surface area contributed by atoms with Crippen molar-refractivity contribution >= 4 is 5.78 Å². The largest absolute Gasteiger partial charge is 0.493 e. The molecule has 210 valence electrons. The summed E-state index contributed by atoms with van der Waals surface area (Å²) >= 11 is 0. The van der Waals surface area contributed by atoms with Crippen LogP contribution >= 0.6 is 0 Å². The van der Waals surface area contributed by atoms with E-state index >= 15 is 0 Å². The van der Waals surface area contributed by atoms with Gasteiger partial charge in [-0.05, 0) is 49.2 Å². The van der Waals surface area contributed by atoms with Crippen molar-refractivity contribution in [1.82, 2.24) is 9.80 Å². The average Bonchev–Trinajstić information content (AvgIpc) is 2.91. The first-order valence-electron chi connectivity index (χ1n) is 13.7. The minimum Gasteiger partial charge on any atom is -0.493 e. The third-order valence-corrected chi connectivity index (χ3v) is 7.42. The number of ketones is 1. The minimum absolute atomic E-state index is 0.127. The lowest BCUT2D eigenvalue weighted by Crippen LogP contribution is -2.60. The molecular weight excluding hydrogens is 494 g/mol. The maximum atomic E-state index is 12.5. The van der Waals surface area contributed by atoms with Gasteiger partial charge in [-0.1, -0.05) is 32.9 Å². The number of methoxy groups -OCH3 is 2. The van der Waals surface area contributed by atoms with Gasteiger partial charge in [-0.15, -0.1) is 0 Å². The summed E-state index contributed by atoms with van der Waals surface area (Å²) in [6, 6.07) is 15.4. The molecule has 0 spiro atoms. The number of hydrogen-bond acceptors (Lipinski definition) is 8. The predicted molar refractivity (Wildman–Crippen MR) is 149 cm³/mol. The van der Waals surface area contributed by atoms with E-state index in [2.05, 4.69) is 15.9 Å². The molecule has 8 heteroatoms. The van der Waals surface area contributed by atoms with E-state index in [9.17, 15) is 10.1 Å². The highest BCUT2D eigenvalue weighted by Crippen LogP contribution is 2.34. The van der Waals surface area contributed by atoms with Crippen LogP contribution in [0.3, 0.4) is 0 Å². The van der Waals surface area contributed by atoms with Crippen LogP contribution < -0.4 is 14.2 Å². The fourth-order valence-electron chi connectivity index (χ4n) is 5.23. The summed E-state index contributed by atoms with van der Waals surface area (Å²) in [7, 11) is 3.22. The van der Waals surface area contributed by atoms with E-state index in [1.54, 1.807) is 14.2 Å². The van der Waals surface area contributed by atoms with Crippen molar-refractivity contribution in [3.05, 3.63) is 53.6 Å². The van der Waals surface area contributed by atoms with Crippen LogP contribution in [0.2, 0.25) is 0 Å². The second-order valence-corrected chi connectivity index (χ2v) is 11.5. The molecule has 39 heavy (non-hydrogen) atoms. The van der Waals surface area contributed by atoms with Gasteiger partial charge < -0.3 is 18.9 Å². The molecule has 2 heterocycles. The summed E-state index contributed by atoms with van der Waals surface area (Å²) in [5.41, 5.74) is 1.34. The van der Waals surface area contributed by atoms with Crippen molar-refractivity contribution in [3.63, 3.8) is 0 Å². The monoisotopic (exact) mass is 535 g/mol. The van der Waals surface area contributed by atoms with Crippen LogP contribution in [-0.2, 0) is 9.53 Å². The highest BCUT2D eigenvalue weighted by Gasteiger charge is 2.36. The van der Waals surface area contributed by atoms with E-state index in [1.807, 2.05) is 63.2 Å². The zero-order valence-corrected chi connectivity index (χ0v) is 23.8. The number of benzene rings is 2. The summed E-state index contributed by atoms with van der Waals surface area (Å²) in [5, 5.41) is 9.22. The summed E-state index contributed by atoms with van der Waals surface area (Å²) in [6.45, 7) is 10.7. The molecule has 2 aliphatic heterocycles. The van der Waals surface area contributed by atoms with Crippen molar-refractivity contribution in [3.8, 4) is 23.3 Å². The molecule has 4 rings (SSSR count). The lowest BCUT2D eigenvalue weighted by molar-refractivity contribution is -0.147. The van der Waals surface area contributed by atoms with Crippen molar-refractivity contribution in [1.29, 1.82) is 5.26 Å². The molecule has 2 saturated heterocycles. The van der Waals surface area contributed by atoms with Gasteiger partial charge >= 0.3 is 0 Å². The molecule has 8 nitrogen and oxygen atoms in total. The van der Waals surface area contributed by atoms with E-state index in [1.165, 1.54) is 0 Å². The standard InChI is InChI=1S/C31H41N3O5/c1-31(2,3)30(35)21-34-19-25-17-33(18-26(20-34)38-25)14-6-7-27(23-10-8-22(16-32)9-11-23)39-24-12-13-28(36-4)29(15-24)37-5/h8-13,15,25-27H,6-7,14,17-21H2,1-5H3. The molecule has 0 N–H and O–H groups in total. The Balaban J connectivity index is 1.36. The maximum Gasteiger partial charge on any atom is 0.164 e. The van der Waals surface area contributed by atoms with E-state index in [0.717, 1.165) is 51.1 Å². The molecule has 0 aliphatic carbocycles. The maximum absolute atomic E-state index is 12.5. The average molecular weight is 536 g/mol. The summed E-state index contributed by atoms with van der Waals surface area (Å²) in [6.07, 6.45) is 1.85. The van der Waals surface area contributed by atoms with Crippen LogP contribution in [-0.4, -0.2) is 81.3 Å². The summed E-state index contributed by atoms with van der Waals surface area (Å²) in [5.74, 6) is 2.25. The Hall–Kier alpha value is -3.12. The first-order chi connectivity index (χ1) is 18.7. The van der Waals surface area contributed by atoms with E-state index in [0.29, 0.717) is 29.4 Å². The fourth-order valence-corrected chi connectivity index (χ4v) is 5.23. The molecule has 0 aromatic heterocycles. The lowest BCUT2D eigenvalue weighted by atomic mass is 9.90. The Morgan fingerprint density at radius 1 is 1.00 bits per heavy atom. The number of carbonyl (C=O) groups is 1. The zero-order valence-electron chi connectivity index (χ0n) is 23.8. The van der Waals surface area contributed by atoms with Crippen LogP contribution in [0.4, 0.5) is 0 Å². The van der Waals surface area contributed by atoms with Crippen LogP contribution in [0, 0.1) is 16.7 Å². The first-order valence-corrected chi connectivity index (χ1v) is 13.7. The third-order valence-electron chi connectivity index (χ3n) is 7.42. The molecule has 2 aliphatic rings. The first kappa shape index (κ1) is 28.9. The quantitative estimate of drug-likeness (QED) is 0.417. The minimum atomic E-state index is -0.316. The number of carbonyl (C=O) groups excluding carboxylic acids is 1. The highest BCUT2D eigenvalue weighted by atomic mass is 16.5. The molecule has 3 atom stereocenters. The number of fused-ring (bicyclic) bond motifs is 2. The Bertz CT molecular complexity index is 1140. The van der Waals surface area contributed by atoms with Gasteiger partial charge in [0.15, 0.2) is 17.3 Å². The van der Waals surface area contributed by atoms with Crippen LogP contribution in [0.15, 0.2) is 42.5 Å². The van der Waals surface area contributed by atoms with Crippen molar-refractivity contribution in [2.45, 2.75) is 51.9 Å². The number of hydrogen-bond donors (Lipinski definition) is 0. The number of nitrogens with zero attached hydrogens (tertiary/aromatic N) is 3. The van der Waals surface area contributed by atoms with Gasteiger partial charge in [0.1, 0.15) is 11.9 Å². The van der Waals surface area contributed by atoms with Gasteiger partial charge in [0.25, 0.3) is 0 Å². The molecule has 0 amide bonds. The molecular formula is C31H41N3O5. The van der Waals surface area contributed by atoms with Crippen LogP contribution in [0.1, 0.15) is 50.8 Å². The number of ether oxygens (including phenoxy) is 4. The summed E-state index contributed by atoms with van der Waals surface area (Å²) < 4.78 is 23.5. The van der Waals surface area contributed by atoms with Crippen LogP contribution in [0.25, 0.3) is 0 Å². The van der Waals surface area contributed by atoms with Gasteiger partial charge in [0, 0.05) is 37.7 Å². The number of rotatable bonds is 11. The Labute approximate surface area is 232 Å². The number of nitriles is 1. The Kier molecular flexibility index (Phi) is 9.49. The zero-order chi connectivity index (χ0) is 28.0. The van der Waals surface area contributed by atoms with Gasteiger partial charge in [-0.25, -0.2) is 0 Å². The van der Waals surface area contributed by atoms with Crippen molar-refractivity contribution in [2.24, 2.45) is 5.41 Å². The van der Waals surface area contributed by atoms with E-state index in [-0.39, 0.29) is 29.5 Å². The van der Waals surface area contributed by atoms with Crippen molar-refractivity contribution < 1.29 is 23.7 Å². The van der Waals surface area contributed by atoms with Crippen molar-refractivity contribution in [2.75, 3.05) is 53.5 Å². The third kappa shape index (κ3) is 7.72. The SMILES string of the molecule is COc1ccc(OC(CCCN2CC3CN(CC(=O)C(C)(C)C)CC(C2)O3)c2ccc(C#N)cc2)cc1OC. The molecule has 2 aromatic carbocycles. The second-order valence-electron chi connectivity index (χ2n) is 11.5. The molecule has 2 aromatic rings. The highest BCUT2D eigenvalue weighted by molar-refractivity contribution is 5.85. The van der Waals surface area contributed by atoms with Gasteiger partial charge in [0.05, 0.1) is 44.6 Å². The molecule has 3 unspecified atom stereocenters. The summed E-state index contributed by atoms with van der Waals surface area (Å²) in [4.78, 5) is 17.3. The normalized spacial score (nSPS) is 20.6. The van der Waals surface area contributed by atoms with E-state index < -0.39 is 0 Å². The molecule has 2 bridgehead atoms. The van der Waals surface area contributed by atoms with Gasteiger partial charge in [0.2, 0.25) is 0 Å². The molecule has 0 radical (unpaired) electrons. The number of morpholine rings is 2. The molecule has 0 saturated carbocycles. The topological polar surface area (TPSA) is 84.3 Å². The fraction of sp³-hybridized carbons (Fsp3) is 0.548. The Morgan fingerprint density at radius 2 is 1.64 bits per heavy atom.